The fraction of sp³-hybridized carbons (Fsp3) is 0.412. The van der Waals surface area contributed by atoms with Crippen molar-refractivity contribution in [2.45, 2.75) is 13.3 Å². The van der Waals surface area contributed by atoms with Crippen LogP contribution in [0.1, 0.15) is 11.3 Å². The van der Waals surface area contributed by atoms with Crippen LogP contribution < -0.4 is 4.90 Å². The van der Waals surface area contributed by atoms with Crippen molar-refractivity contribution in [1.82, 2.24) is 15.1 Å². The maximum atomic E-state index is 4.28. The molecule has 0 radical (unpaired) electrons. The highest BCUT2D eigenvalue weighted by atomic mass is 79.9. The van der Waals surface area contributed by atoms with Crippen LogP contribution in [0.5, 0.6) is 0 Å². The SMILES string of the molecule is Cc1ccc(N2CCN(CCc3ccc(Br)cc3)CC2)nn1. The van der Waals surface area contributed by atoms with Crippen molar-refractivity contribution in [3.05, 3.63) is 52.1 Å². The van der Waals surface area contributed by atoms with E-state index in [-0.39, 0.29) is 0 Å². The average molecular weight is 361 g/mol. The molecule has 116 valence electrons. The molecule has 0 amide bonds. The molecule has 0 aliphatic carbocycles. The largest absolute Gasteiger partial charge is 0.353 e. The number of aromatic nitrogens is 2. The zero-order chi connectivity index (χ0) is 15.4. The van der Waals surface area contributed by atoms with Crippen LogP contribution in [0.2, 0.25) is 0 Å². The van der Waals surface area contributed by atoms with Gasteiger partial charge in [-0.05, 0) is 43.2 Å². The highest BCUT2D eigenvalue weighted by Gasteiger charge is 2.17. The lowest BCUT2D eigenvalue weighted by Gasteiger charge is -2.35. The number of piperazine rings is 1. The second-order valence-corrected chi connectivity index (χ2v) is 6.65. The van der Waals surface area contributed by atoms with E-state index in [1.165, 1.54) is 5.56 Å². The fourth-order valence-electron chi connectivity index (χ4n) is 2.70. The second-order valence-electron chi connectivity index (χ2n) is 5.74. The third-order valence-corrected chi connectivity index (χ3v) is 4.64. The summed E-state index contributed by atoms with van der Waals surface area (Å²) in [7, 11) is 0. The normalized spacial score (nSPS) is 16.0. The van der Waals surface area contributed by atoms with Crippen LogP contribution >= 0.6 is 15.9 Å². The van der Waals surface area contributed by atoms with E-state index in [0.29, 0.717) is 0 Å². The van der Waals surface area contributed by atoms with Gasteiger partial charge in [0, 0.05) is 37.2 Å². The van der Waals surface area contributed by atoms with E-state index in [1.54, 1.807) is 0 Å². The number of anilines is 1. The number of hydrogen-bond donors (Lipinski definition) is 0. The van der Waals surface area contributed by atoms with Crippen molar-refractivity contribution in [2.24, 2.45) is 0 Å². The summed E-state index contributed by atoms with van der Waals surface area (Å²) < 4.78 is 1.14. The quantitative estimate of drug-likeness (QED) is 0.838. The van der Waals surface area contributed by atoms with Gasteiger partial charge in [0.15, 0.2) is 5.82 Å². The third kappa shape index (κ3) is 4.05. The molecule has 2 aromatic rings. The molecule has 0 atom stereocenters. The molecular formula is C17H21BrN4. The molecule has 1 aliphatic heterocycles. The second kappa shape index (κ2) is 7.20. The summed E-state index contributed by atoms with van der Waals surface area (Å²) in [5.41, 5.74) is 2.37. The molecule has 4 nitrogen and oxygen atoms in total. The summed E-state index contributed by atoms with van der Waals surface area (Å²) in [6.45, 7) is 7.32. The number of benzene rings is 1. The van der Waals surface area contributed by atoms with Gasteiger partial charge in [-0.3, -0.25) is 4.90 Å². The zero-order valence-electron chi connectivity index (χ0n) is 12.9. The van der Waals surface area contributed by atoms with Crippen LogP contribution in [0.3, 0.4) is 0 Å². The van der Waals surface area contributed by atoms with Crippen LogP contribution in [0.25, 0.3) is 0 Å². The van der Waals surface area contributed by atoms with Gasteiger partial charge in [-0.15, -0.1) is 5.10 Å². The van der Waals surface area contributed by atoms with Crippen molar-refractivity contribution < 1.29 is 0 Å². The molecule has 0 saturated carbocycles. The molecular weight excluding hydrogens is 340 g/mol. The topological polar surface area (TPSA) is 32.3 Å². The van der Waals surface area contributed by atoms with Gasteiger partial charge in [0.2, 0.25) is 0 Å². The van der Waals surface area contributed by atoms with E-state index in [1.807, 2.05) is 13.0 Å². The molecule has 1 aliphatic rings. The highest BCUT2D eigenvalue weighted by Crippen LogP contribution is 2.14. The van der Waals surface area contributed by atoms with E-state index in [2.05, 4.69) is 66.3 Å². The minimum absolute atomic E-state index is 0.969. The number of aryl methyl sites for hydroxylation is 1. The minimum Gasteiger partial charge on any atom is -0.353 e. The highest BCUT2D eigenvalue weighted by molar-refractivity contribution is 9.10. The Kier molecular flexibility index (Phi) is 5.05. The van der Waals surface area contributed by atoms with E-state index in [0.717, 1.165) is 55.1 Å². The maximum Gasteiger partial charge on any atom is 0.151 e. The Labute approximate surface area is 140 Å². The number of halogens is 1. The third-order valence-electron chi connectivity index (χ3n) is 4.11. The van der Waals surface area contributed by atoms with Crippen LogP contribution in [0.4, 0.5) is 5.82 Å². The lowest BCUT2D eigenvalue weighted by Crippen LogP contribution is -2.47. The standard InChI is InChI=1S/C17H21BrN4/c1-14-2-7-17(20-19-14)22-12-10-21(11-13-22)9-8-15-3-5-16(18)6-4-15/h2-7H,8-13H2,1H3. The fourth-order valence-corrected chi connectivity index (χ4v) is 2.96. The summed E-state index contributed by atoms with van der Waals surface area (Å²) in [5.74, 6) is 0.998. The maximum absolute atomic E-state index is 4.28. The first-order chi connectivity index (χ1) is 10.7. The predicted octanol–water partition coefficient (Wildman–Crippen LogP) is 2.91. The smallest absolute Gasteiger partial charge is 0.151 e. The monoisotopic (exact) mass is 360 g/mol. The van der Waals surface area contributed by atoms with E-state index in [4.69, 9.17) is 0 Å². The molecule has 0 unspecified atom stereocenters. The molecule has 2 heterocycles. The van der Waals surface area contributed by atoms with Crippen molar-refractivity contribution in [3.8, 4) is 0 Å². The number of hydrogen-bond acceptors (Lipinski definition) is 4. The van der Waals surface area contributed by atoms with Gasteiger partial charge in [0.05, 0.1) is 5.69 Å². The number of nitrogens with zero attached hydrogens (tertiary/aromatic N) is 4. The Bertz CT molecular complexity index is 589. The van der Waals surface area contributed by atoms with E-state index >= 15 is 0 Å². The van der Waals surface area contributed by atoms with E-state index in [9.17, 15) is 0 Å². The predicted molar refractivity (Wildman–Crippen MR) is 93.3 cm³/mol. The Balaban J connectivity index is 1.47. The van der Waals surface area contributed by atoms with Gasteiger partial charge >= 0.3 is 0 Å². The van der Waals surface area contributed by atoms with Crippen molar-refractivity contribution in [3.63, 3.8) is 0 Å². The molecule has 0 spiro atoms. The molecule has 0 N–H and O–H groups in total. The summed E-state index contributed by atoms with van der Waals surface area (Å²) in [6, 6.07) is 12.7. The summed E-state index contributed by atoms with van der Waals surface area (Å²) in [6.07, 6.45) is 1.11. The molecule has 5 heteroatoms. The minimum atomic E-state index is 0.969. The molecule has 1 aromatic heterocycles. The number of rotatable bonds is 4. The van der Waals surface area contributed by atoms with Crippen LogP contribution in [0.15, 0.2) is 40.9 Å². The van der Waals surface area contributed by atoms with Gasteiger partial charge in [-0.25, -0.2) is 0 Å². The Morgan fingerprint density at radius 2 is 1.68 bits per heavy atom. The van der Waals surface area contributed by atoms with E-state index < -0.39 is 0 Å². The molecule has 22 heavy (non-hydrogen) atoms. The van der Waals surface area contributed by atoms with Crippen LogP contribution in [-0.4, -0.2) is 47.8 Å². The van der Waals surface area contributed by atoms with Gasteiger partial charge in [-0.2, -0.15) is 5.10 Å². The van der Waals surface area contributed by atoms with Crippen molar-refractivity contribution >= 4 is 21.7 Å². The first-order valence-electron chi connectivity index (χ1n) is 7.73. The Hall–Kier alpha value is -1.46. The van der Waals surface area contributed by atoms with Gasteiger partial charge < -0.3 is 4.90 Å². The molecule has 0 bridgehead atoms. The summed E-state index contributed by atoms with van der Waals surface area (Å²) in [5, 5.41) is 8.43. The average Bonchev–Trinajstić information content (AvgIpc) is 2.56. The molecule has 1 saturated heterocycles. The van der Waals surface area contributed by atoms with Crippen LogP contribution in [0, 0.1) is 6.92 Å². The summed E-state index contributed by atoms with van der Waals surface area (Å²) >= 11 is 3.48. The molecule has 1 aromatic carbocycles. The van der Waals surface area contributed by atoms with Crippen molar-refractivity contribution in [1.29, 1.82) is 0 Å². The first-order valence-corrected chi connectivity index (χ1v) is 8.52. The van der Waals surface area contributed by atoms with Crippen molar-refractivity contribution in [2.75, 3.05) is 37.6 Å². The molecule has 3 rings (SSSR count). The Morgan fingerprint density at radius 3 is 2.32 bits per heavy atom. The zero-order valence-corrected chi connectivity index (χ0v) is 14.5. The van der Waals surface area contributed by atoms with Gasteiger partial charge in [0.25, 0.3) is 0 Å². The lowest BCUT2D eigenvalue weighted by molar-refractivity contribution is 0.260. The first kappa shape index (κ1) is 15.4. The van der Waals surface area contributed by atoms with Crippen LogP contribution in [-0.2, 0) is 6.42 Å². The molecule has 1 fully saturated rings. The lowest BCUT2D eigenvalue weighted by atomic mass is 10.1. The Morgan fingerprint density at radius 1 is 0.955 bits per heavy atom. The summed E-state index contributed by atoms with van der Waals surface area (Å²) in [4.78, 5) is 4.85. The van der Waals surface area contributed by atoms with Gasteiger partial charge in [-0.1, -0.05) is 28.1 Å². The van der Waals surface area contributed by atoms with Gasteiger partial charge in [0.1, 0.15) is 0 Å².